The molecule has 131 valence electrons. The molecule has 0 saturated carbocycles. The lowest BCUT2D eigenvalue weighted by Crippen LogP contribution is -2.46. The molecule has 0 saturated heterocycles. The summed E-state index contributed by atoms with van der Waals surface area (Å²) in [5, 5.41) is 2.74. The molecule has 0 aliphatic rings. The summed E-state index contributed by atoms with van der Waals surface area (Å²) in [4.78, 5) is 11.5. The van der Waals surface area contributed by atoms with Crippen LogP contribution in [0.4, 0.5) is 4.79 Å². The van der Waals surface area contributed by atoms with Gasteiger partial charge < -0.3 is 23.3 Å². The fourth-order valence-corrected chi connectivity index (χ4v) is 4.60. The van der Waals surface area contributed by atoms with Crippen molar-refractivity contribution in [3.05, 3.63) is 6.92 Å². The smallest absolute Gasteiger partial charge is 0.450 e. The van der Waals surface area contributed by atoms with Crippen LogP contribution < -0.4 is 5.32 Å². The van der Waals surface area contributed by atoms with Gasteiger partial charge in [0.15, 0.2) is 0 Å². The van der Waals surface area contributed by atoms with Gasteiger partial charge in [-0.25, -0.2) is 4.79 Å². The Labute approximate surface area is 136 Å². The Morgan fingerprint density at radius 1 is 1.00 bits per heavy atom. The topological polar surface area (TPSA) is 66.0 Å². The monoisotopic (exact) mass is 334 g/mol. The molecule has 0 unspecified atom stereocenters. The molecule has 0 aromatic heterocycles. The van der Waals surface area contributed by atoms with E-state index < -0.39 is 8.80 Å². The van der Waals surface area contributed by atoms with Crippen LogP contribution in [-0.2, 0) is 18.0 Å². The molecule has 0 aliphatic heterocycles. The number of unbranched alkanes of at least 4 members (excludes halogenated alkanes) is 2. The van der Waals surface area contributed by atoms with Crippen molar-refractivity contribution >= 4 is 14.9 Å². The molecule has 0 atom stereocenters. The largest absolute Gasteiger partial charge is 0.500 e. The second-order valence-electron chi connectivity index (χ2n) is 4.71. The van der Waals surface area contributed by atoms with Crippen LogP contribution >= 0.6 is 0 Å². The summed E-state index contributed by atoms with van der Waals surface area (Å²) in [5.74, 6) is 0. The first kappa shape index (κ1) is 21.4. The zero-order chi connectivity index (χ0) is 16.7. The van der Waals surface area contributed by atoms with E-state index in [0.29, 0.717) is 39.0 Å². The Morgan fingerprint density at radius 2 is 1.59 bits per heavy atom. The lowest BCUT2D eigenvalue weighted by molar-refractivity contribution is 0.0706. The van der Waals surface area contributed by atoms with E-state index in [1.54, 1.807) is 0 Å². The molecular weight excluding hydrogens is 302 g/mol. The Kier molecular flexibility index (Phi) is 13.6. The maximum atomic E-state index is 11.5. The molecule has 0 bridgehead atoms. The van der Waals surface area contributed by atoms with Gasteiger partial charge in [0.1, 0.15) is 0 Å². The van der Waals surface area contributed by atoms with Crippen molar-refractivity contribution in [1.29, 1.82) is 0 Å². The molecule has 7 heteroatoms. The van der Waals surface area contributed by atoms with Crippen molar-refractivity contribution in [3.8, 4) is 0 Å². The molecule has 0 heterocycles. The van der Waals surface area contributed by atoms with E-state index in [1.807, 2.05) is 20.8 Å². The van der Waals surface area contributed by atoms with Crippen molar-refractivity contribution < 1.29 is 22.8 Å². The van der Waals surface area contributed by atoms with Crippen molar-refractivity contribution in [1.82, 2.24) is 5.32 Å². The molecule has 0 spiro atoms. The first-order valence-electron chi connectivity index (χ1n) is 8.25. The highest BCUT2D eigenvalue weighted by Crippen LogP contribution is 2.17. The third-order valence-electron chi connectivity index (χ3n) is 2.90. The van der Waals surface area contributed by atoms with Gasteiger partial charge in [0.25, 0.3) is 0 Å². The summed E-state index contributed by atoms with van der Waals surface area (Å²) in [6, 6.07) is 0.685. The maximum absolute atomic E-state index is 11.5. The third-order valence-corrected chi connectivity index (χ3v) is 6.05. The number of ether oxygens (including phenoxy) is 1. The van der Waals surface area contributed by atoms with Crippen LogP contribution in [0.2, 0.25) is 6.04 Å². The number of carbonyl (C=O) groups excluding carboxylic acids is 1. The van der Waals surface area contributed by atoms with Crippen LogP contribution in [0.5, 0.6) is 0 Å². The maximum Gasteiger partial charge on any atom is 0.500 e. The van der Waals surface area contributed by atoms with Crippen LogP contribution in [0.25, 0.3) is 0 Å². The molecule has 1 amide bonds. The van der Waals surface area contributed by atoms with Crippen LogP contribution in [0.3, 0.4) is 0 Å². The number of hydrogen-bond donors (Lipinski definition) is 1. The Hall–Kier alpha value is -0.633. The number of rotatable bonds is 14. The molecule has 6 nitrogen and oxygen atoms in total. The average Bonchev–Trinajstić information content (AvgIpc) is 2.49. The van der Waals surface area contributed by atoms with Crippen LogP contribution in [-0.4, -0.2) is 47.9 Å². The summed E-state index contributed by atoms with van der Waals surface area (Å²) in [6.07, 6.45) is 3.05. The third kappa shape index (κ3) is 10.2. The van der Waals surface area contributed by atoms with Gasteiger partial charge in [0.2, 0.25) is 0 Å². The minimum Gasteiger partial charge on any atom is -0.450 e. The first-order chi connectivity index (χ1) is 10.6. The molecule has 1 radical (unpaired) electrons. The minimum absolute atomic E-state index is 0.374. The molecule has 0 aliphatic carbocycles. The van der Waals surface area contributed by atoms with Gasteiger partial charge in [-0.05, 0) is 33.6 Å². The lowest BCUT2D eigenvalue weighted by Gasteiger charge is -2.28. The predicted octanol–water partition coefficient (Wildman–Crippen LogP) is 3.16. The van der Waals surface area contributed by atoms with E-state index >= 15 is 0 Å². The van der Waals surface area contributed by atoms with Gasteiger partial charge in [-0.2, -0.15) is 0 Å². The second kappa shape index (κ2) is 14.0. The van der Waals surface area contributed by atoms with E-state index in [9.17, 15) is 4.79 Å². The molecule has 0 fully saturated rings. The van der Waals surface area contributed by atoms with Crippen molar-refractivity contribution in [2.45, 2.75) is 52.5 Å². The van der Waals surface area contributed by atoms with E-state index in [-0.39, 0.29) is 6.09 Å². The number of hydrogen-bond acceptors (Lipinski definition) is 5. The zero-order valence-electron chi connectivity index (χ0n) is 14.3. The highest BCUT2D eigenvalue weighted by Gasteiger charge is 2.39. The Bertz CT molecular complexity index is 262. The molecular formula is C15H32NO5Si. The predicted molar refractivity (Wildman–Crippen MR) is 88.6 cm³/mol. The summed E-state index contributed by atoms with van der Waals surface area (Å²) in [6.45, 7) is 12.2. The van der Waals surface area contributed by atoms with Crippen molar-refractivity contribution in [2.75, 3.05) is 33.0 Å². The second-order valence-corrected chi connectivity index (χ2v) is 7.44. The number of amides is 1. The average molecular weight is 335 g/mol. The Balaban J connectivity index is 3.98. The Morgan fingerprint density at radius 3 is 2.09 bits per heavy atom. The van der Waals surface area contributed by atoms with Crippen molar-refractivity contribution in [3.63, 3.8) is 0 Å². The van der Waals surface area contributed by atoms with E-state index in [4.69, 9.17) is 18.0 Å². The lowest BCUT2D eigenvalue weighted by atomic mass is 10.3. The van der Waals surface area contributed by atoms with Gasteiger partial charge in [-0.1, -0.05) is 19.8 Å². The van der Waals surface area contributed by atoms with Gasteiger partial charge in [0.05, 0.1) is 6.61 Å². The normalized spacial score (nSPS) is 11.5. The standard InChI is InChI=1S/C15H32NO5Si/c1-5-9-10-13-18-15(17)16-12-11-14-22(19-6-2,20-7-3)21-8-4/h1,5-14H2,2-4H3,(H,16,17). The highest BCUT2D eigenvalue weighted by atomic mass is 28.4. The fourth-order valence-electron chi connectivity index (χ4n) is 1.99. The zero-order valence-corrected chi connectivity index (χ0v) is 15.3. The van der Waals surface area contributed by atoms with Gasteiger partial charge in [0, 0.05) is 32.4 Å². The number of carbonyl (C=O) groups is 1. The molecule has 1 N–H and O–H groups in total. The summed E-state index contributed by atoms with van der Waals surface area (Å²) >= 11 is 0. The van der Waals surface area contributed by atoms with Gasteiger partial charge in [-0.15, -0.1) is 0 Å². The van der Waals surface area contributed by atoms with Crippen molar-refractivity contribution in [2.24, 2.45) is 0 Å². The van der Waals surface area contributed by atoms with Crippen LogP contribution in [0.15, 0.2) is 0 Å². The van der Waals surface area contributed by atoms with E-state index in [2.05, 4.69) is 12.2 Å². The van der Waals surface area contributed by atoms with Crippen LogP contribution in [0.1, 0.15) is 46.5 Å². The molecule has 0 aromatic carbocycles. The van der Waals surface area contributed by atoms with Crippen LogP contribution in [0, 0.1) is 6.92 Å². The van der Waals surface area contributed by atoms with E-state index in [1.165, 1.54) is 0 Å². The van der Waals surface area contributed by atoms with E-state index in [0.717, 1.165) is 25.7 Å². The quantitative estimate of drug-likeness (QED) is 0.390. The molecule has 0 rings (SSSR count). The van der Waals surface area contributed by atoms with Gasteiger partial charge >= 0.3 is 14.9 Å². The summed E-state index contributed by atoms with van der Waals surface area (Å²) < 4.78 is 22.3. The molecule has 22 heavy (non-hydrogen) atoms. The summed E-state index contributed by atoms with van der Waals surface area (Å²) in [5.41, 5.74) is 0. The molecule has 0 aromatic rings. The highest BCUT2D eigenvalue weighted by molar-refractivity contribution is 6.60. The van der Waals surface area contributed by atoms with Gasteiger partial charge in [-0.3, -0.25) is 0 Å². The fraction of sp³-hybridized carbons (Fsp3) is 0.867. The summed E-state index contributed by atoms with van der Waals surface area (Å²) in [7, 11) is -2.60. The number of alkyl carbamates (subject to hydrolysis) is 1. The number of nitrogens with one attached hydrogen (secondary N) is 1. The first-order valence-corrected chi connectivity index (χ1v) is 10.2. The minimum atomic E-state index is -2.60. The SMILES string of the molecule is [CH2]CCCCOC(=O)NCCC[Si](OCC)(OCC)OCC.